The molecule has 0 saturated heterocycles. The minimum Gasteiger partial charge on any atom is -0.457 e. The molecule has 0 spiro atoms. The number of carbonyl (C=O) groups is 1. The number of benzene rings is 1. The largest absolute Gasteiger partial charge is 0.457 e. The average Bonchev–Trinajstić information content (AvgIpc) is 3.29. The minimum atomic E-state index is -0.795. The van der Waals surface area contributed by atoms with Crippen LogP contribution >= 0.6 is 0 Å². The van der Waals surface area contributed by atoms with Gasteiger partial charge < -0.3 is 18.1 Å². The van der Waals surface area contributed by atoms with Crippen molar-refractivity contribution in [2.24, 2.45) is 0 Å². The van der Waals surface area contributed by atoms with Crippen molar-refractivity contribution in [2.75, 3.05) is 0 Å². The van der Waals surface area contributed by atoms with Crippen LogP contribution in [0.5, 0.6) is 5.75 Å². The summed E-state index contributed by atoms with van der Waals surface area (Å²) in [6, 6.07) is 9.55. The zero-order chi connectivity index (χ0) is 17.8. The third kappa shape index (κ3) is 1.97. The van der Waals surface area contributed by atoms with Gasteiger partial charge in [-0.05, 0) is 30.2 Å². The number of para-hydroxylation sites is 1. The number of ether oxygens (including phenoxy) is 1. The molecule has 0 N–H and O–H groups in total. The maximum absolute atomic E-state index is 13.0. The Morgan fingerprint density at radius 2 is 2.04 bits per heavy atom. The summed E-state index contributed by atoms with van der Waals surface area (Å²) in [4.78, 5) is 37.2. The van der Waals surface area contributed by atoms with E-state index in [0.717, 1.165) is 17.1 Å². The van der Waals surface area contributed by atoms with Crippen molar-refractivity contribution in [3.05, 3.63) is 74.8 Å². The third-order valence-electron chi connectivity index (χ3n) is 4.55. The van der Waals surface area contributed by atoms with Gasteiger partial charge in [-0.2, -0.15) is 0 Å². The fourth-order valence-corrected chi connectivity index (χ4v) is 3.47. The van der Waals surface area contributed by atoms with E-state index in [1.54, 1.807) is 16.7 Å². The maximum Gasteiger partial charge on any atom is 0.379 e. The molecule has 4 heterocycles. The Labute approximate surface area is 145 Å². The first-order chi connectivity index (χ1) is 12.6. The van der Waals surface area contributed by atoms with E-state index in [-0.39, 0.29) is 28.0 Å². The second kappa shape index (κ2) is 5.19. The smallest absolute Gasteiger partial charge is 0.379 e. The van der Waals surface area contributed by atoms with Gasteiger partial charge in [0.2, 0.25) is 5.76 Å². The average molecular weight is 349 g/mol. The first-order valence-corrected chi connectivity index (χ1v) is 8.01. The normalized spacial score (nSPS) is 12.8. The van der Waals surface area contributed by atoms with E-state index in [1.807, 2.05) is 12.1 Å². The zero-order valence-corrected chi connectivity index (χ0v) is 13.4. The summed E-state index contributed by atoms with van der Waals surface area (Å²) in [5, 5.41) is 0.707. The zero-order valence-electron chi connectivity index (χ0n) is 13.4. The standard InChI is InChI=1S/C19H11NO6/c21-14-9-13(25-19(23)12-5-2-8-24-12)15-17(26-14)11-4-1-3-10-6-7-20(16(10)11)18(15)22/h1-5,8-9H,6-7H2. The molecule has 26 heavy (non-hydrogen) atoms. The minimum absolute atomic E-state index is 0.0286. The highest BCUT2D eigenvalue weighted by Crippen LogP contribution is 2.32. The lowest BCUT2D eigenvalue weighted by atomic mass is 10.1. The Hall–Kier alpha value is -3.61. The molecular formula is C19H11NO6. The van der Waals surface area contributed by atoms with Gasteiger partial charge in [-0.3, -0.25) is 4.79 Å². The van der Waals surface area contributed by atoms with Crippen LogP contribution in [0.3, 0.4) is 0 Å². The fraction of sp³-hybridized carbons (Fsp3) is 0.105. The number of aryl methyl sites for hydroxylation is 2. The van der Waals surface area contributed by atoms with Crippen molar-refractivity contribution in [2.45, 2.75) is 13.0 Å². The molecule has 1 aliphatic heterocycles. The summed E-state index contributed by atoms with van der Waals surface area (Å²) in [6.45, 7) is 0.523. The summed E-state index contributed by atoms with van der Waals surface area (Å²) < 4.78 is 17.2. The molecule has 5 rings (SSSR count). The molecule has 0 unspecified atom stereocenters. The lowest BCUT2D eigenvalue weighted by molar-refractivity contribution is 0.0703. The van der Waals surface area contributed by atoms with Crippen LogP contribution in [0.4, 0.5) is 0 Å². The van der Waals surface area contributed by atoms with E-state index < -0.39 is 11.6 Å². The molecule has 0 atom stereocenters. The molecule has 4 aromatic rings. The van der Waals surface area contributed by atoms with Gasteiger partial charge in [0.1, 0.15) is 5.39 Å². The highest BCUT2D eigenvalue weighted by molar-refractivity contribution is 6.06. The summed E-state index contributed by atoms with van der Waals surface area (Å²) in [7, 11) is 0. The monoisotopic (exact) mass is 349 g/mol. The van der Waals surface area contributed by atoms with Crippen molar-refractivity contribution in [3.8, 4) is 5.75 Å². The molecule has 0 saturated carbocycles. The van der Waals surface area contributed by atoms with Crippen LogP contribution in [0.15, 0.2) is 61.1 Å². The van der Waals surface area contributed by atoms with Crippen molar-refractivity contribution < 1.29 is 18.4 Å². The summed E-state index contributed by atoms with van der Waals surface area (Å²) in [5.41, 5.74) is 0.829. The molecule has 0 amide bonds. The van der Waals surface area contributed by atoms with Gasteiger partial charge in [0.15, 0.2) is 11.3 Å². The molecule has 3 aromatic heterocycles. The Morgan fingerprint density at radius 1 is 1.15 bits per heavy atom. The number of hydrogen-bond donors (Lipinski definition) is 0. The Morgan fingerprint density at radius 3 is 2.85 bits per heavy atom. The Bertz CT molecular complexity index is 1310. The van der Waals surface area contributed by atoms with Gasteiger partial charge in [0.25, 0.3) is 5.56 Å². The predicted molar refractivity (Wildman–Crippen MR) is 91.6 cm³/mol. The molecule has 7 heteroatoms. The van der Waals surface area contributed by atoms with Gasteiger partial charge in [0.05, 0.1) is 17.8 Å². The number of esters is 1. The summed E-state index contributed by atoms with van der Waals surface area (Å²) >= 11 is 0. The highest BCUT2D eigenvalue weighted by atomic mass is 16.5. The van der Waals surface area contributed by atoms with E-state index in [2.05, 4.69) is 0 Å². The number of carbonyl (C=O) groups excluding carboxylic acids is 1. The summed E-state index contributed by atoms with van der Waals surface area (Å²) in [6.07, 6.45) is 2.05. The summed E-state index contributed by atoms with van der Waals surface area (Å²) in [5.74, 6) is -0.957. The van der Waals surface area contributed by atoms with Crippen LogP contribution in [0.25, 0.3) is 21.9 Å². The van der Waals surface area contributed by atoms with E-state index >= 15 is 0 Å². The predicted octanol–water partition coefficient (Wildman–Crippen LogP) is 2.48. The molecule has 7 nitrogen and oxygen atoms in total. The molecule has 0 radical (unpaired) electrons. The van der Waals surface area contributed by atoms with Gasteiger partial charge >= 0.3 is 11.6 Å². The van der Waals surface area contributed by atoms with Gasteiger partial charge in [-0.15, -0.1) is 0 Å². The number of nitrogens with zero attached hydrogens (tertiary/aromatic N) is 1. The molecular weight excluding hydrogens is 338 g/mol. The number of rotatable bonds is 2. The number of fused-ring (bicyclic) bond motifs is 2. The topological polar surface area (TPSA) is 91.7 Å². The molecule has 0 aliphatic carbocycles. The second-order valence-electron chi connectivity index (χ2n) is 6.02. The van der Waals surface area contributed by atoms with Crippen molar-refractivity contribution >= 4 is 27.8 Å². The van der Waals surface area contributed by atoms with Crippen LogP contribution < -0.4 is 15.9 Å². The van der Waals surface area contributed by atoms with E-state index in [1.165, 1.54) is 12.3 Å². The van der Waals surface area contributed by atoms with Crippen molar-refractivity contribution in [3.63, 3.8) is 0 Å². The number of aromatic nitrogens is 1. The Kier molecular flexibility index (Phi) is 2.94. The van der Waals surface area contributed by atoms with Gasteiger partial charge in [-0.25, -0.2) is 9.59 Å². The first kappa shape index (κ1) is 14.7. The number of hydrogen-bond acceptors (Lipinski definition) is 6. The molecule has 1 aliphatic rings. The van der Waals surface area contributed by atoms with Crippen LogP contribution in [-0.4, -0.2) is 10.5 Å². The molecule has 0 fully saturated rings. The van der Waals surface area contributed by atoms with Crippen LogP contribution in [0.2, 0.25) is 0 Å². The molecule has 1 aromatic carbocycles. The van der Waals surface area contributed by atoms with E-state index in [4.69, 9.17) is 13.6 Å². The van der Waals surface area contributed by atoms with Gasteiger partial charge in [-0.1, -0.05) is 12.1 Å². The fourth-order valence-electron chi connectivity index (χ4n) is 3.47. The van der Waals surface area contributed by atoms with Gasteiger partial charge in [0, 0.05) is 11.9 Å². The Balaban J connectivity index is 1.84. The first-order valence-electron chi connectivity index (χ1n) is 8.01. The number of pyridine rings is 1. The van der Waals surface area contributed by atoms with Crippen molar-refractivity contribution in [1.29, 1.82) is 0 Å². The quantitative estimate of drug-likeness (QED) is 0.408. The lowest BCUT2D eigenvalue weighted by Gasteiger charge is -2.10. The SMILES string of the molecule is O=C(Oc1cc(=O)oc2c1c(=O)n1c3c(cccc23)CC1)c1ccco1. The third-order valence-corrected chi connectivity index (χ3v) is 4.55. The molecule has 0 bridgehead atoms. The van der Waals surface area contributed by atoms with E-state index in [0.29, 0.717) is 18.4 Å². The number of furan rings is 1. The van der Waals surface area contributed by atoms with Crippen LogP contribution in [-0.2, 0) is 13.0 Å². The van der Waals surface area contributed by atoms with Crippen LogP contribution in [0, 0.1) is 0 Å². The highest BCUT2D eigenvalue weighted by Gasteiger charge is 2.24. The molecule has 128 valence electrons. The van der Waals surface area contributed by atoms with Crippen LogP contribution in [0.1, 0.15) is 16.1 Å². The lowest BCUT2D eigenvalue weighted by Crippen LogP contribution is -2.21. The maximum atomic E-state index is 13.0. The van der Waals surface area contributed by atoms with E-state index in [9.17, 15) is 14.4 Å². The second-order valence-corrected chi connectivity index (χ2v) is 6.02. The van der Waals surface area contributed by atoms with Crippen molar-refractivity contribution in [1.82, 2.24) is 4.57 Å².